The Hall–Kier alpha value is -1.20. The molecule has 1 aliphatic rings. The average molecular weight is 277 g/mol. The van der Waals surface area contributed by atoms with Crippen LogP contribution < -0.4 is 10.6 Å². The quantitative estimate of drug-likeness (QED) is 0.849. The summed E-state index contributed by atoms with van der Waals surface area (Å²) in [5.74, 6) is 0.864. The molecule has 20 heavy (non-hydrogen) atoms. The van der Waals surface area contributed by atoms with Gasteiger partial charge >= 0.3 is 0 Å². The topological polar surface area (TPSA) is 58.3 Å². The molecule has 2 heterocycles. The monoisotopic (exact) mass is 277 g/mol. The average Bonchev–Trinajstić information content (AvgIpc) is 2.87. The van der Waals surface area contributed by atoms with E-state index in [2.05, 4.69) is 40.8 Å². The van der Waals surface area contributed by atoms with Crippen LogP contribution in [0.2, 0.25) is 0 Å². The Kier molecular flexibility index (Phi) is 5.31. The van der Waals surface area contributed by atoms with Crippen molar-refractivity contribution < 1.29 is 0 Å². The Morgan fingerprint density at radius 3 is 2.70 bits per heavy atom. The lowest BCUT2D eigenvalue weighted by molar-refractivity contribution is 0.371. The molecule has 2 N–H and O–H groups in total. The van der Waals surface area contributed by atoms with Gasteiger partial charge in [0, 0.05) is 37.6 Å². The molecule has 0 saturated carbocycles. The fourth-order valence-corrected chi connectivity index (χ4v) is 2.76. The van der Waals surface area contributed by atoms with Gasteiger partial charge in [-0.3, -0.25) is 0 Å². The molecule has 0 aromatic carbocycles. The summed E-state index contributed by atoms with van der Waals surface area (Å²) in [5.41, 5.74) is 7.10. The van der Waals surface area contributed by atoms with Gasteiger partial charge in [-0.15, -0.1) is 0 Å². The Labute approximate surface area is 122 Å². The van der Waals surface area contributed by atoms with E-state index in [9.17, 15) is 0 Å². The number of hydrogen-bond acceptors (Lipinski definition) is 5. The summed E-state index contributed by atoms with van der Waals surface area (Å²) in [5, 5.41) is 0. The molecule has 1 aromatic rings. The van der Waals surface area contributed by atoms with Crippen LogP contribution in [0, 0.1) is 0 Å². The number of rotatable bonds is 6. The van der Waals surface area contributed by atoms with Crippen LogP contribution in [-0.2, 0) is 6.42 Å². The first kappa shape index (κ1) is 15.2. The first-order chi connectivity index (χ1) is 9.60. The van der Waals surface area contributed by atoms with E-state index in [0.717, 1.165) is 37.4 Å². The molecule has 2 atom stereocenters. The Morgan fingerprint density at radius 2 is 2.10 bits per heavy atom. The van der Waals surface area contributed by atoms with Gasteiger partial charge in [0.2, 0.25) is 5.95 Å². The Bertz CT molecular complexity index is 403. The summed E-state index contributed by atoms with van der Waals surface area (Å²) >= 11 is 0. The van der Waals surface area contributed by atoms with Crippen LogP contribution in [0.25, 0.3) is 0 Å². The lowest BCUT2D eigenvalue weighted by Crippen LogP contribution is -2.38. The lowest BCUT2D eigenvalue weighted by atomic mass is 10.1. The number of nitrogens with two attached hydrogens (primary N) is 1. The van der Waals surface area contributed by atoms with Crippen molar-refractivity contribution in [3.05, 3.63) is 18.0 Å². The first-order valence-corrected chi connectivity index (χ1v) is 7.58. The third-order valence-electron chi connectivity index (χ3n) is 3.92. The molecule has 0 amide bonds. The molecule has 0 bridgehead atoms. The van der Waals surface area contributed by atoms with Crippen molar-refractivity contribution in [1.29, 1.82) is 0 Å². The minimum Gasteiger partial charge on any atom is -0.337 e. The van der Waals surface area contributed by atoms with Gasteiger partial charge in [-0.1, -0.05) is 6.92 Å². The summed E-state index contributed by atoms with van der Waals surface area (Å²) in [7, 11) is 4.24. The van der Waals surface area contributed by atoms with E-state index in [1.165, 1.54) is 12.8 Å². The number of anilines is 1. The molecule has 0 radical (unpaired) electrons. The first-order valence-electron chi connectivity index (χ1n) is 7.58. The second-order valence-electron chi connectivity index (χ2n) is 6.02. The van der Waals surface area contributed by atoms with E-state index in [1.807, 2.05) is 12.4 Å². The molecule has 5 heteroatoms. The van der Waals surface area contributed by atoms with E-state index in [1.54, 1.807) is 0 Å². The standard InChI is InChI=1S/C15H27N5/c1-4-13(16)8-12-9-17-15(18-10-12)20-7-5-6-14(20)11-19(2)3/h9-10,13-14H,4-8,11,16H2,1-3H3. The van der Waals surface area contributed by atoms with Crippen molar-refractivity contribution in [2.24, 2.45) is 5.73 Å². The molecule has 0 spiro atoms. The van der Waals surface area contributed by atoms with Crippen molar-refractivity contribution in [3.8, 4) is 0 Å². The van der Waals surface area contributed by atoms with Crippen molar-refractivity contribution in [3.63, 3.8) is 0 Å². The maximum Gasteiger partial charge on any atom is 0.225 e. The molecule has 1 fully saturated rings. The molecule has 1 aromatic heterocycles. The van der Waals surface area contributed by atoms with E-state index >= 15 is 0 Å². The van der Waals surface area contributed by atoms with Gasteiger partial charge in [-0.05, 0) is 45.3 Å². The lowest BCUT2D eigenvalue weighted by Gasteiger charge is -2.27. The van der Waals surface area contributed by atoms with Crippen LogP contribution in [-0.4, -0.2) is 54.1 Å². The zero-order valence-corrected chi connectivity index (χ0v) is 12.9. The second-order valence-corrected chi connectivity index (χ2v) is 6.02. The highest BCUT2D eigenvalue weighted by Crippen LogP contribution is 2.22. The number of likely N-dealkylation sites (N-methyl/N-ethyl adjacent to an activating group) is 1. The molecular formula is C15H27N5. The van der Waals surface area contributed by atoms with Crippen LogP contribution in [0.3, 0.4) is 0 Å². The Morgan fingerprint density at radius 1 is 1.40 bits per heavy atom. The Balaban J connectivity index is 2.01. The molecule has 2 unspecified atom stereocenters. The van der Waals surface area contributed by atoms with Gasteiger partial charge in [0.15, 0.2) is 0 Å². The van der Waals surface area contributed by atoms with Crippen LogP contribution in [0.4, 0.5) is 5.95 Å². The van der Waals surface area contributed by atoms with Crippen LogP contribution in [0.5, 0.6) is 0 Å². The van der Waals surface area contributed by atoms with Gasteiger partial charge in [0.1, 0.15) is 0 Å². The highest BCUT2D eigenvalue weighted by Gasteiger charge is 2.26. The van der Waals surface area contributed by atoms with Gasteiger partial charge in [0.25, 0.3) is 0 Å². The van der Waals surface area contributed by atoms with Crippen LogP contribution >= 0.6 is 0 Å². The van der Waals surface area contributed by atoms with Gasteiger partial charge in [0.05, 0.1) is 0 Å². The maximum atomic E-state index is 5.97. The fourth-order valence-electron chi connectivity index (χ4n) is 2.76. The molecular weight excluding hydrogens is 250 g/mol. The van der Waals surface area contributed by atoms with E-state index < -0.39 is 0 Å². The highest BCUT2D eigenvalue weighted by molar-refractivity contribution is 5.33. The predicted octanol–water partition coefficient (Wildman–Crippen LogP) is 1.29. The zero-order valence-electron chi connectivity index (χ0n) is 12.9. The summed E-state index contributed by atoms with van der Waals surface area (Å²) in [4.78, 5) is 13.7. The largest absolute Gasteiger partial charge is 0.337 e. The summed E-state index contributed by atoms with van der Waals surface area (Å²) < 4.78 is 0. The second kappa shape index (κ2) is 6.99. The molecule has 5 nitrogen and oxygen atoms in total. The fraction of sp³-hybridized carbons (Fsp3) is 0.733. The zero-order chi connectivity index (χ0) is 14.5. The molecule has 112 valence electrons. The minimum absolute atomic E-state index is 0.206. The van der Waals surface area contributed by atoms with Crippen molar-refractivity contribution in [2.75, 3.05) is 32.1 Å². The minimum atomic E-state index is 0.206. The SMILES string of the molecule is CCC(N)Cc1cnc(N2CCCC2CN(C)C)nc1. The summed E-state index contributed by atoms with van der Waals surface area (Å²) in [6.45, 7) is 4.23. The van der Waals surface area contributed by atoms with Gasteiger partial charge in [-0.2, -0.15) is 0 Å². The van der Waals surface area contributed by atoms with E-state index in [4.69, 9.17) is 5.73 Å². The molecule has 2 rings (SSSR count). The maximum absolute atomic E-state index is 5.97. The van der Waals surface area contributed by atoms with Gasteiger partial charge < -0.3 is 15.5 Å². The molecule has 0 aliphatic carbocycles. The smallest absolute Gasteiger partial charge is 0.225 e. The highest BCUT2D eigenvalue weighted by atomic mass is 15.3. The van der Waals surface area contributed by atoms with E-state index in [0.29, 0.717) is 6.04 Å². The predicted molar refractivity (Wildman–Crippen MR) is 82.9 cm³/mol. The van der Waals surface area contributed by atoms with Crippen molar-refractivity contribution >= 4 is 5.95 Å². The van der Waals surface area contributed by atoms with Gasteiger partial charge in [-0.25, -0.2) is 9.97 Å². The summed E-state index contributed by atoms with van der Waals surface area (Å²) in [6, 6.07) is 0.742. The van der Waals surface area contributed by atoms with Crippen LogP contribution in [0.15, 0.2) is 12.4 Å². The molecule has 1 saturated heterocycles. The van der Waals surface area contributed by atoms with Crippen molar-refractivity contribution in [1.82, 2.24) is 14.9 Å². The van der Waals surface area contributed by atoms with E-state index in [-0.39, 0.29) is 6.04 Å². The normalized spacial score (nSPS) is 20.6. The third kappa shape index (κ3) is 3.90. The van der Waals surface area contributed by atoms with Crippen LogP contribution in [0.1, 0.15) is 31.7 Å². The molecule has 1 aliphatic heterocycles. The number of nitrogens with zero attached hydrogens (tertiary/aromatic N) is 4. The summed E-state index contributed by atoms with van der Waals surface area (Å²) in [6.07, 6.45) is 8.16. The number of hydrogen-bond donors (Lipinski definition) is 1. The number of aromatic nitrogens is 2. The third-order valence-corrected chi connectivity index (χ3v) is 3.92. The van der Waals surface area contributed by atoms with Crippen molar-refractivity contribution in [2.45, 2.75) is 44.7 Å².